The van der Waals surface area contributed by atoms with E-state index in [-0.39, 0.29) is 16.2 Å². The van der Waals surface area contributed by atoms with Gasteiger partial charge in [-0.05, 0) is 79.3 Å². The quantitative estimate of drug-likeness (QED) is 0.212. The van der Waals surface area contributed by atoms with Gasteiger partial charge in [0.15, 0.2) is 0 Å². The fourth-order valence-electron chi connectivity index (χ4n) is 6.63. The van der Waals surface area contributed by atoms with Crippen LogP contribution in [0, 0.1) is 0 Å². The smallest absolute Gasteiger partial charge is 0.0670 e. The molecule has 0 saturated carbocycles. The van der Waals surface area contributed by atoms with E-state index in [0.717, 1.165) is 12.8 Å². The van der Waals surface area contributed by atoms with Gasteiger partial charge in [-0.25, -0.2) is 0 Å². The van der Waals surface area contributed by atoms with Crippen LogP contribution >= 0.6 is 0 Å². The molecule has 4 aromatic carbocycles. The third-order valence-electron chi connectivity index (χ3n) is 8.82. The van der Waals surface area contributed by atoms with Crippen LogP contribution in [-0.2, 0) is 22.7 Å². The number of hydrogen-bond donors (Lipinski definition) is 0. The summed E-state index contributed by atoms with van der Waals surface area (Å²) >= 11 is 0. The van der Waals surface area contributed by atoms with Gasteiger partial charge in [-0.15, -0.1) is 0 Å². The lowest BCUT2D eigenvalue weighted by Gasteiger charge is -2.40. The summed E-state index contributed by atoms with van der Waals surface area (Å²) < 4.78 is 0. The van der Waals surface area contributed by atoms with E-state index in [0.29, 0.717) is 0 Å². The Balaban J connectivity index is 1.74. The van der Waals surface area contributed by atoms with Gasteiger partial charge in [0.05, 0.1) is 5.41 Å². The third kappa shape index (κ3) is 4.22. The van der Waals surface area contributed by atoms with Crippen LogP contribution in [-0.4, -0.2) is 0 Å². The fraction of sp³-hybridized carbons (Fsp3) is 0.282. The van der Waals surface area contributed by atoms with E-state index in [2.05, 4.69) is 151 Å². The topological polar surface area (TPSA) is 0 Å². The first-order chi connectivity index (χ1) is 18.6. The normalized spacial score (nSPS) is 14.8. The van der Waals surface area contributed by atoms with Gasteiger partial charge in [-0.1, -0.05) is 151 Å². The minimum absolute atomic E-state index is 0.0234. The molecule has 0 amide bonds. The summed E-state index contributed by atoms with van der Waals surface area (Å²) in [7, 11) is 0. The molecule has 0 aliphatic heterocycles. The van der Waals surface area contributed by atoms with Gasteiger partial charge in [0.25, 0.3) is 0 Å². The van der Waals surface area contributed by atoms with Gasteiger partial charge in [-0.2, -0.15) is 0 Å². The van der Waals surface area contributed by atoms with Crippen molar-refractivity contribution in [3.63, 3.8) is 0 Å². The van der Waals surface area contributed by atoms with E-state index in [1.807, 2.05) is 0 Å². The molecule has 0 spiro atoms. The molecule has 0 atom stereocenters. The van der Waals surface area contributed by atoms with Crippen LogP contribution in [0.5, 0.6) is 0 Å². The second kappa shape index (κ2) is 9.23. The van der Waals surface area contributed by atoms with Crippen LogP contribution in [0.15, 0.2) is 115 Å². The van der Waals surface area contributed by atoms with E-state index < -0.39 is 0 Å². The van der Waals surface area contributed by atoms with E-state index in [1.165, 1.54) is 55.6 Å². The Labute approximate surface area is 235 Å². The summed E-state index contributed by atoms with van der Waals surface area (Å²) in [4.78, 5) is 0. The zero-order valence-electron chi connectivity index (χ0n) is 24.3. The molecule has 0 nitrogen and oxygen atoms in total. The predicted octanol–water partition coefficient (Wildman–Crippen LogP) is 10.1. The molecule has 0 bridgehead atoms. The maximum absolute atomic E-state index is 2.55. The van der Waals surface area contributed by atoms with Crippen molar-refractivity contribution in [2.75, 3.05) is 0 Å². The molecule has 4 aromatic rings. The Morgan fingerprint density at radius 3 is 1.69 bits per heavy atom. The Morgan fingerprint density at radius 1 is 0.564 bits per heavy atom. The standard InChI is InChI=1S/C39H40/c1-37(2,3)31-22-21-27-23-35-34(33(27)24-31)25-32(38(4,5)6)26-36(35)39(30-19-13-14-20-30,28-15-9-7-10-16-28)29-17-11-8-12-18-29/h7-19,21-22,24-26H,20,23H2,1-6H3. The number of benzene rings is 4. The van der Waals surface area contributed by atoms with Crippen molar-refractivity contribution in [1.29, 1.82) is 0 Å². The summed E-state index contributed by atoms with van der Waals surface area (Å²) in [5, 5.41) is 0. The minimum Gasteiger partial charge on any atom is -0.0804 e. The van der Waals surface area contributed by atoms with Crippen molar-refractivity contribution >= 4 is 0 Å². The van der Waals surface area contributed by atoms with E-state index in [4.69, 9.17) is 0 Å². The van der Waals surface area contributed by atoms with Crippen LogP contribution in [0.2, 0.25) is 0 Å². The average molecular weight is 509 g/mol. The molecule has 0 fully saturated rings. The Bertz CT molecular complexity index is 1540. The van der Waals surface area contributed by atoms with Gasteiger partial charge >= 0.3 is 0 Å². The SMILES string of the molecule is CC(C)(C)c1ccc2c(c1)-c1cc(C(C)(C)C)cc(C(C3=CC=CC3)(c3ccccc3)c3ccccc3)c1C2. The van der Waals surface area contributed by atoms with Crippen LogP contribution < -0.4 is 0 Å². The zero-order chi connectivity index (χ0) is 27.4. The first-order valence-corrected chi connectivity index (χ1v) is 14.4. The van der Waals surface area contributed by atoms with Crippen LogP contribution in [0.3, 0.4) is 0 Å². The lowest BCUT2D eigenvalue weighted by Crippen LogP contribution is -2.33. The lowest BCUT2D eigenvalue weighted by molar-refractivity contribution is 0.586. The minimum atomic E-state index is -0.369. The molecule has 6 rings (SSSR count). The highest BCUT2D eigenvalue weighted by molar-refractivity contribution is 5.82. The maximum atomic E-state index is 2.55. The average Bonchev–Trinajstić information content (AvgIpc) is 3.58. The second-order valence-corrected chi connectivity index (χ2v) is 13.4. The summed E-state index contributed by atoms with van der Waals surface area (Å²) in [5.41, 5.74) is 13.9. The highest BCUT2D eigenvalue weighted by atomic mass is 14.5. The highest BCUT2D eigenvalue weighted by Crippen LogP contribution is 2.53. The first kappa shape index (κ1) is 25.6. The van der Waals surface area contributed by atoms with Gasteiger partial charge in [-0.3, -0.25) is 0 Å². The summed E-state index contributed by atoms with van der Waals surface area (Å²) in [6.45, 7) is 14.0. The molecular weight excluding hydrogens is 468 g/mol. The fourth-order valence-corrected chi connectivity index (χ4v) is 6.63. The summed E-state index contributed by atoms with van der Waals surface area (Å²) in [6, 6.07) is 34.7. The molecule has 0 heteroatoms. The first-order valence-electron chi connectivity index (χ1n) is 14.4. The zero-order valence-corrected chi connectivity index (χ0v) is 24.3. The van der Waals surface area contributed by atoms with Gasteiger partial charge < -0.3 is 0 Å². The Hall–Kier alpha value is -3.64. The van der Waals surface area contributed by atoms with Crippen molar-refractivity contribution in [1.82, 2.24) is 0 Å². The number of allylic oxidation sites excluding steroid dienone is 4. The largest absolute Gasteiger partial charge is 0.0804 e. The molecule has 2 aliphatic carbocycles. The van der Waals surface area contributed by atoms with E-state index in [9.17, 15) is 0 Å². The van der Waals surface area contributed by atoms with Crippen molar-refractivity contribution in [3.8, 4) is 11.1 Å². The Morgan fingerprint density at radius 2 is 1.15 bits per heavy atom. The molecule has 0 unspecified atom stereocenters. The molecule has 0 radical (unpaired) electrons. The molecule has 196 valence electrons. The molecule has 0 heterocycles. The van der Waals surface area contributed by atoms with Crippen molar-refractivity contribution < 1.29 is 0 Å². The van der Waals surface area contributed by atoms with E-state index >= 15 is 0 Å². The van der Waals surface area contributed by atoms with Gasteiger partial charge in [0.2, 0.25) is 0 Å². The van der Waals surface area contributed by atoms with Crippen molar-refractivity contribution in [3.05, 3.63) is 154 Å². The van der Waals surface area contributed by atoms with Crippen LogP contribution in [0.25, 0.3) is 11.1 Å². The van der Waals surface area contributed by atoms with Crippen molar-refractivity contribution in [2.45, 2.75) is 70.6 Å². The monoisotopic (exact) mass is 508 g/mol. The predicted molar refractivity (Wildman–Crippen MR) is 167 cm³/mol. The van der Waals surface area contributed by atoms with Crippen molar-refractivity contribution in [2.24, 2.45) is 0 Å². The van der Waals surface area contributed by atoms with Gasteiger partial charge in [0.1, 0.15) is 0 Å². The van der Waals surface area contributed by atoms with E-state index in [1.54, 1.807) is 0 Å². The maximum Gasteiger partial charge on any atom is 0.0670 e. The second-order valence-electron chi connectivity index (χ2n) is 13.4. The van der Waals surface area contributed by atoms with Crippen LogP contribution in [0.1, 0.15) is 86.9 Å². The summed E-state index contributed by atoms with van der Waals surface area (Å²) in [6.07, 6.45) is 8.86. The number of hydrogen-bond acceptors (Lipinski definition) is 0. The summed E-state index contributed by atoms with van der Waals surface area (Å²) in [5.74, 6) is 0. The highest BCUT2D eigenvalue weighted by Gasteiger charge is 2.43. The molecule has 39 heavy (non-hydrogen) atoms. The molecular formula is C39H40. The van der Waals surface area contributed by atoms with Gasteiger partial charge in [0, 0.05) is 0 Å². The number of rotatable bonds is 4. The third-order valence-corrected chi connectivity index (χ3v) is 8.82. The molecule has 0 aromatic heterocycles. The molecule has 0 N–H and O–H groups in total. The lowest BCUT2D eigenvalue weighted by atomic mass is 9.62. The van der Waals surface area contributed by atoms with Crippen LogP contribution in [0.4, 0.5) is 0 Å². The molecule has 2 aliphatic rings. The molecule has 0 saturated heterocycles. The number of fused-ring (bicyclic) bond motifs is 3. The Kier molecular flexibility index (Phi) is 6.07.